The maximum Gasteiger partial charge on any atom is 0.303 e. The van der Waals surface area contributed by atoms with Gasteiger partial charge >= 0.3 is 5.97 Å². The van der Waals surface area contributed by atoms with E-state index in [9.17, 15) is 9.59 Å². The Balaban J connectivity index is 1.71. The molecule has 0 spiro atoms. The van der Waals surface area contributed by atoms with Crippen molar-refractivity contribution in [1.29, 1.82) is 0 Å². The molecule has 204 valence electrons. The van der Waals surface area contributed by atoms with Crippen LogP contribution in [0.25, 0.3) is 0 Å². The summed E-state index contributed by atoms with van der Waals surface area (Å²) in [6, 6.07) is 9.58. The topological polar surface area (TPSA) is 66.4 Å². The van der Waals surface area contributed by atoms with Crippen LogP contribution in [0.2, 0.25) is 0 Å². The number of unbranched alkanes of at least 4 members (excludes halogenated alkanes) is 20. The highest BCUT2D eigenvalue weighted by Crippen LogP contribution is 2.15. The standard InChI is InChI=1S/C32H53NO3/c34-31(33-30-26-22-21-23-27-30)28-24-19-17-15-13-11-9-7-5-3-1-2-4-6-8-10-12-14-16-18-20-25-29-32(35)36/h21-24,26-28H,1-20,25,29H2,(H,33,34)(H,35,36). The molecular weight excluding hydrogens is 446 g/mol. The number of hydrogen-bond donors (Lipinski definition) is 2. The third kappa shape index (κ3) is 22.4. The first-order valence-corrected chi connectivity index (χ1v) is 14.9. The molecule has 0 atom stereocenters. The first-order chi connectivity index (χ1) is 17.7. The SMILES string of the molecule is O=C(O)CCCCCCCCCCCCCCCCCCCCCCC=CC(=O)Nc1ccccc1. The molecule has 0 bridgehead atoms. The molecule has 0 heterocycles. The quantitative estimate of drug-likeness (QED) is 0.104. The minimum Gasteiger partial charge on any atom is -0.481 e. The third-order valence-corrected chi connectivity index (χ3v) is 6.82. The van der Waals surface area contributed by atoms with E-state index < -0.39 is 5.97 Å². The van der Waals surface area contributed by atoms with Crippen molar-refractivity contribution < 1.29 is 14.7 Å². The summed E-state index contributed by atoms with van der Waals surface area (Å²) in [6.45, 7) is 0. The van der Waals surface area contributed by atoms with Gasteiger partial charge in [-0.15, -0.1) is 0 Å². The second-order valence-electron chi connectivity index (χ2n) is 10.3. The van der Waals surface area contributed by atoms with Crippen LogP contribution in [-0.2, 0) is 9.59 Å². The van der Waals surface area contributed by atoms with Crippen LogP contribution in [0.15, 0.2) is 42.5 Å². The van der Waals surface area contributed by atoms with E-state index in [1.54, 1.807) is 6.08 Å². The molecule has 1 aromatic carbocycles. The van der Waals surface area contributed by atoms with Crippen LogP contribution in [-0.4, -0.2) is 17.0 Å². The minimum absolute atomic E-state index is 0.0455. The highest BCUT2D eigenvalue weighted by atomic mass is 16.4. The van der Waals surface area contributed by atoms with Gasteiger partial charge in [0.05, 0.1) is 0 Å². The Labute approximate surface area is 221 Å². The number of hydrogen-bond acceptors (Lipinski definition) is 2. The second-order valence-corrected chi connectivity index (χ2v) is 10.3. The molecule has 1 aromatic rings. The van der Waals surface area contributed by atoms with E-state index in [1.807, 2.05) is 36.4 Å². The van der Waals surface area contributed by atoms with Crippen molar-refractivity contribution >= 4 is 17.6 Å². The summed E-state index contributed by atoms with van der Waals surface area (Å²) >= 11 is 0. The van der Waals surface area contributed by atoms with Gasteiger partial charge in [-0.05, 0) is 37.5 Å². The number of para-hydroxylation sites is 1. The lowest BCUT2D eigenvalue weighted by molar-refractivity contribution is -0.137. The largest absolute Gasteiger partial charge is 0.481 e. The Morgan fingerprint density at radius 3 is 1.39 bits per heavy atom. The number of carbonyl (C=O) groups excluding carboxylic acids is 1. The van der Waals surface area contributed by atoms with E-state index in [-0.39, 0.29) is 5.91 Å². The summed E-state index contributed by atoms with van der Waals surface area (Å²) in [5, 5.41) is 11.5. The maximum absolute atomic E-state index is 11.8. The Kier molecular flexibility index (Phi) is 21.8. The monoisotopic (exact) mass is 499 g/mol. The zero-order chi connectivity index (χ0) is 25.9. The summed E-state index contributed by atoms with van der Waals surface area (Å²) in [6.07, 6.45) is 31.0. The van der Waals surface area contributed by atoms with Crippen molar-refractivity contribution in [2.75, 3.05) is 5.32 Å². The van der Waals surface area contributed by atoms with Crippen LogP contribution in [0, 0.1) is 0 Å². The van der Waals surface area contributed by atoms with Gasteiger partial charge in [0.25, 0.3) is 0 Å². The fraction of sp³-hybridized carbons (Fsp3) is 0.688. The smallest absolute Gasteiger partial charge is 0.303 e. The van der Waals surface area contributed by atoms with Crippen molar-refractivity contribution in [3.8, 4) is 0 Å². The summed E-state index contributed by atoms with van der Waals surface area (Å²) in [5.74, 6) is -0.707. The number of amides is 1. The molecule has 0 unspecified atom stereocenters. The summed E-state index contributed by atoms with van der Waals surface area (Å²) in [7, 11) is 0. The average molecular weight is 500 g/mol. The van der Waals surface area contributed by atoms with E-state index in [4.69, 9.17) is 5.11 Å². The van der Waals surface area contributed by atoms with Crippen LogP contribution >= 0.6 is 0 Å². The molecule has 2 N–H and O–H groups in total. The summed E-state index contributed by atoms with van der Waals surface area (Å²) in [5.41, 5.74) is 0.842. The van der Waals surface area contributed by atoms with Crippen LogP contribution < -0.4 is 5.32 Å². The predicted molar refractivity (Wildman–Crippen MR) is 153 cm³/mol. The number of benzene rings is 1. The molecule has 4 heteroatoms. The van der Waals surface area contributed by atoms with Crippen molar-refractivity contribution in [3.63, 3.8) is 0 Å². The average Bonchev–Trinajstić information content (AvgIpc) is 2.87. The summed E-state index contributed by atoms with van der Waals surface area (Å²) in [4.78, 5) is 22.3. The van der Waals surface area contributed by atoms with Gasteiger partial charge in [-0.2, -0.15) is 0 Å². The highest BCUT2D eigenvalue weighted by Gasteiger charge is 1.98. The van der Waals surface area contributed by atoms with E-state index in [1.165, 1.54) is 116 Å². The van der Waals surface area contributed by atoms with Gasteiger partial charge in [-0.3, -0.25) is 9.59 Å². The Morgan fingerprint density at radius 1 is 0.583 bits per heavy atom. The molecule has 0 aromatic heterocycles. The number of carboxylic acids is 1. The normalized spacial score (nSPS) is 11.2. The molecule has 1 amide bonds. The number of nitrogens with one attached hydrogen (secondary N) is 1. The fourth-order valence-corrected chi connectivity index (χ4v) is 4.62. The lowest BCUT2D eigenvalue weighted by atomic mass is 10.0. The number of carboxylic acid groups (broad SMARTS) is 1. The number of carbonyl (C=O) groups is 2. The molecule has 0 saturated heterocycles. The molecule has 0 aliphatic carbocycles. The van der Waals surface area contributed by atoms with Gasteiger partial charge < -0.3 is 10.4 Å². The zero-order valence-electron chi connectivity index (χ0n) is 22.9. The molecular formula is C32H53NO3. The van der Waals surface area contributed by atoms with Crippen LogP contribution in [0.3, 0.4) is 0 Å². The number of rotatable bonds is 25. The lowest BCUT2D eigenvalue weighted by Gasteiger charge is -2.04. The Hall–Kier alpha value is -2.10. The molecule has 4 nitrogen and oxygen atoms in total. The van der Waals surface area contributed by atoms with E-state index in [0.29, 0.717) is 6.42 Å². The van der Waals surface area contributed by atoms with Gasteiger partial charge in [-0.1, -0.05) is 140 Å². The maximum atomic E-state index is 11.8. The van der Waals surface area contributed by atoms with Gasteiger partial charge in [-0.25, -0.2) is 0 Å². The molecule has 36 heavy (non-hydrogen) atoms. The van der Waals surface area contributed by atoms with Gasteiger partial charge in [0.1, 0.15) is 0 Å². The van der Waals surface area contributed by atoms with Gasteiger partial charge in [0.2, 0.25) is 5.91 Å². The van der Waals surface area contributed by atoms with Crippen molar-refractivity contribution in [1.82, 2.24) is 0 Å². The van der Waals surface area contributed by atoms with Gasteiger partial charge in [0, 0.05) is 12.1 Å². The van der Waals surface area contributed by atoms with Crippen molar-refractivity contribution in [2.24, 2.45) is 0 Å². The van der Waals surface area contributed by atoms with E-state index >= 15 is 0 Å². The molecule has 0 aliphatic rings. The Bertz CT molecular complexity index is 671. The summed E-state index contributed by atoms with van der Waals surface area (Å²) < 4.78 is 0. The first-order valence-electron chi connectivity index (χ1n) is 14.9. The van der Waals surface area contributed by atoms with E-state index in [2.05, 4.69) is 5.32 Å². The third-order valence-electron chi connectivity index (χ3n) is 6.82. The molecule has 1 rings (SSSR count). The van der Waals surface area contributed by atoms with Crippen LogP contribution in [0.4, 0.5) is 5.69 Å². The fourth-order valence-electron chi connectivity index (χ4n) is 4.62. The number of anilines is 1. The zero-order valence-corrected chi connectivity index (χ0v) is 22.9. The van der Waals surface area contributed by atoms with Crippen LogP contribution in [0.1, 0.15) is 141 Å². The molecule has 0 radical (unpaired) electrons. The highest BCUT2D eigenvalue weighted by molar-refractivity contribution is 5.99. The van der Waals surface area contributed by atoms with Crippen molar-refractivity contribution in [2.45, 2.75) is 141 Å². The van der Waals surface area contributed by atoms with E-state index in [0.717, 1.165) is 24.9 Å². The van der Waals surface area contributed by atoms with Crippen molar-refractivity contribution in [3.05, 3.63) is 42.5 Å². The van der Waals surface area contributed by atoms with Crippen LogP contribution in [0.5, 0.6) is 0 Å². The molecule has 0 saturated carbocycles. The number of allylic oxidation sites excluding steroid dienone is 1. The lowest BCUT2D eigenvalue weighted by Crippen LogP contribution is -2.07. The predicted octanol–water partition coefficient (Wildman–Crippen LogP) is 9.85. The Morgan fingerprint density at radius 2 is 0.972 bits per heavy atom. The minimum atomic E-state index is -0.661. The van der Waals surface area contributed by atoms with Gasteiger partial charge in [0.15, 0.2) is 0 Å². The second kappa shape index (κ2) is 24.6. The first kappa shape index (κ1) is 31.9. The number of aliphatic carboxylic acids is 1. The molecule has 0 fully saturated rings. The molecule has 0 aliphatic heterocycles.